The number of anilines is 1. The third-order valence-corrected chi connectivity index (χ3v) is 4.19. The number of aromatic nitrogens is 4. The number of pyridine rings is 1. The molecular weight excluding hydrogens is 276 g/mol. The first-order chi connectivity index (χ1) is 10.8. The summed E-state index contributed by atoms with van der Waals surface area (Å²) >= 11 is 0. The van der Waals surface area contributed by atoms with Crippen LogP contribution in [0.3, 0.4) is 0 Å². The Morgan fingerprint density at radius 3 is 3.05 bits per heavy atom. The fraction of sp³-hybridized carbons (Fsp3) is 0.312. The Bertz CT molecular complexity index is 796. The Labute approximate surface area is 128 Å². The lowest BCUT2D eigenvalue weighted by Gasteiger charge is -2.16. The third kappa shape index (κ3) is 2.31. The van der Waals surface area contributed by atoms with Gasteiger partial charge in [-0.1, -0.05) is 13.0 Å². The Kier molecular flexibility index (Phi) is 3.23. The van der Waals surface area contributed by atoms with E-state index in [1.54, 1.807) is 12.4 Å². The normalized spacial score (nSPS) is 21.3. The van der Waals surface area contributed by atoms with E-state index >= 15 is 0 Å². The molecule has 6 nitrogen and oxygen atoms in total. The van der Waals surface area contributed by atoms with Crippen LogP contribution in [0.4, 0.5) is 5.82 Å². The molecule has 0 amide bonds. The number of rotatable bonds is 3. The molecule has 0 radical (unpaired) electrons. The highest BCUT2D eigenvalue weighted by molar-refractivity contribution is 5.77. The zero-order valence-corrected chi connectivity index (χ0v) is 12.4. The van der Waals surface area contributed by atoms with Gasteiger partial charge in [0.2, 0.25) is 0 Å². The topological polar surface area (TPSA) is 67.1 Å². The van der Waals surface area contributed by atoms with E-state index in [1.807, 2.05) is 35.1 Å². The van der Waals surface area contributed by atoms with Gasteiger partial charge in [0.1, 0.15) is 5.82 Å². The monoisotopic (exact) mass is 294 g/mol. The molecule has 2 unspecified atom stereocenters. The molecule has 1 aliphatic rings. The van der Waals surface area contributed by atoms with Crippen LogP contribution in [0, 0.1) is 5.92 Å². The summed E-state index contributed by atoms with van der Waals surface area (Å²) in [5.41, 5.74) is 2.86. The van der Waals surface area contributed by atoms with Crippen molar-refractivity contribution < 1.29 is 0 Å². The second kappa shape index (κ2) is 5.38. The summed E-state index contributed by atoms with van der Waals surface area (Å²) in [7, 11) is 0. The standard InChI is InChI=1S/C16H18N6/c1-11-6-17-8-13(11)20-16-10-18-9-14(21-16)12-7-19-22-5-3-2-4-15(12)22/h2-5,7,9-11,13,17H,6,8H2,1H3,(H,20,21). The molecule has 0 bridgehead atoms. The molecule has 0 aromatic carbocycles. The van der Waals surface area contributed by atoms with Crippen molar-refractivity contribution in [2.75, 3.05) is 18.4 Å². The Hall–Kier alpha value is -2.47. The van der Waals surface area contributed by atoms with Gasteiger partial charge < -0.3 is 10.6 Å². The maximum absolute atomic E-state index is 4.71. The SMILES string of the molecule is CC1CNCC1Nc1cncc(-c2cnn3ccccc23)n1. The summed E-state index contributed by atoms with van der Waals surface area (Å²) in [5, 5.41) is 11.2. The molecule has 1 fully saturated rings. The smallest absolute Gasteiger partial charge is 0.145 e. The largest absolute Gasteiger partial charge is 0.364 e. The second-order valence-electron chi connectivity index (χ2n) is 5.76. The average molecular weight is 294 g/mol. The van der Waals surface area contributed by atoms with E-state index in [0.29, 0.717) is 12.0 Å². The highest BCUT2D eigenvalue weighted by Gasteiger charge is 2.23. The maximum Gasteiger partial charge on any atom is 0.145 e. The summed E-state index contributed by atoms with van der Waals surface area (Å²) in [4.78, 5) is 9.04. The van der Waals surface area contributed by atoms with Crippen molar-refractivity contribution in [3.05, 3.63) is 43.0 Å². The van der Waals surface area contributed by atoms with Crippen molar-refractivity contribution in [3.8, 4) is 11.3 Å². The molecule has 1 saturated heterocycles. The van der Waals surface area contributed by atoms with Gasteiger partial charge in [0.25, 0.3) is 0 Å². The van der Waals surface area contributed by atoms with Crippen molar-refractivity contribution in [3.63, 3.8) is 0 Å². The highest BCUT2D eigenvalue weighted by atomic mass is 15.2. The molecule has 4 heterocycles. The Morgan fingerprint density at radius 2 is 2.18 bits per heavy atom. The second-order valence-corrected chi connectivity index (χ2v) is 5.76. The molecule has 0 spiro atoms. The van der Waals surface area contributed by atoms with Crippen LogP contribution in [-0.4, -0.2) is 38.7 Å². The molecule has 2 N–H and O–H groups in total. The van der Waals surface area contributed by atoms with E-state index in [-0.39, 0.29) is 0 Å². The molecular formula is C16H18N6. The van der Waals surface area contributed by atoms with Crippen LogP contribution in [-0.2, 0) is 0 Å². The van der Waals surface area contributed by atoms with Crippen molar-refractivity contribution in [2.45, 2.75) is 13.0 Å². The van der Waals surface area contributed by atoms with E-state index in [2.05, 4.69) is 27.6 Å². The minimum atomic E-state index is 0.397. The van der Waals surface area contributed by atoms with Crippen LogP contribution in [0.15, 0.2) is 43.0 Å². The van der Waals surface area contributed by atoms with E-state index in [0.717, 1.165) is 35.7 Å². The molecule has 3 aromatic heterocycles. The van der Waals surface area contributed by atoms with Gasteiger partial charge in [-0.2, -0.15) is 5.10 Å². The number of nitrogens with zero attached hydrogens (tertiary/aromatic N) is 4. The minimum Gasteiger partial charge on any atom is -0.364 e. The predicted octanol–water partition coefficient (Wildman–Crippen LogP) is 1.81. The average Bonchev–Trinajstić information content (AvgIpc) is 3.14. The Morgan fingerprint density at radius 1 is 1.23 bits per heavy atom. The van der Waals surface area contributed by atoms with Crippen molar-refractivity contribution in [1.82, 2.24) is 24.9 Å². The lowest BCUT2D eigenvalue weighted by atomic mass is 10.1. The fourth-order valence-electron chi connectivity index (χ4n) is 2.89. The molecule has 112 valence electrons. The lowest BCUT2D eigenvalue weighted by molar-refractivity contribution is 0.593. The van der Waals surface area contributed by atoms with Crippen LogP contribution in [0.5, 0.6) is 0 Å². The zero-order chi connectivity index (χ0) is 14.9. The first-order valence-electron chi connectivity index (χ1n) is 7.53. The van der Waals surface area contributed by atoms with Crippen LogP contribution >= 0.6 is 0 Å². The summed E-state index contributed by atoms with van der Waals surface area (Å²) in [6.45, 7) is 4.24. The lowest BCUT2D eigenvalue weighted by Crippen LogP contribution is -2.27. The molecule has 0 aliphatic carbocycles. The van der Waals surface area contributed by atoms with E-state index < -0.39 is 0 Å². The van der Waals surface area contributed by atoms with E-state index in [4.69, 9.17) is 4.98 Å². The maximum atomic E-state index is 4.71. The number of hydrogen-bond donors (Lipinski definition) is 2. The Balaban J connectivity index is 1.67. The molecule has 4 rings (SSSR count). The minimum absolute atomic E-state index is 0.397. The molecule has 1 aliphatic heterocycles. The number of nitrogens with one attached hydrogen (secondary N) is 2. The van der Waals surface area contributed by atoms with Gasteiger partial charge in [-0.25, -0.2) is 9.50 Å². The van der Waals surface area contributed by atoms with Gasteiger partial charge >= 0.3 is 0 Å². The molecule has 6 heteroatoms. The van der Waals surface area contributed by atoms with Gasteiger partial charge in [0.15, 0.2) is 0 Å². The number of fused-ring (bicyclic) bond motifs is 1. The van der Waals surface area contributed by atoms with E-state index in [9.17, 15) is 0 Å². The van der Waals surface area contributed by atoms with Crippen molar-refractivity contribution in [1.29, 1.82) is 0 Å². The summed E-state index contributed by atoms with van der Waals surface area (Å²) in [6.07, 6.45) is 7.33. The van der Waals surface area contributed by atoms with Gasteiger partial charge in [0.05, 0.1) is 29.8 Å². The third-order valence-electron chi connectivity index (χ3n) is 4.19. The van der Waals surface area contributed by atoms with Crippen LogP contribution in [0.1, 0.15) is 6.92 Å². The molecule has 0 saturated carbocycles. The van der Waals surface area contributed by atoms with Crippen LogP contribution < -0.4 is 10.6 Å². The fourth-order valence-corrected chi connectivity index (χ4v) is 2.89. The summed E-state index contributed by atoms with van der Waals surface area (Å²) in [5.74, 6) is 1.40. The van der Waals surface area contributed by atoms with Gasteiger partial charge in [-0.3, -0.25) is 4.98 Å². The highest BCUT2D eigenvalue weighted by Crippen LogP contribution is 2.23. The first kappa shape index (κ1) is 13.2. The van der Waals surface area contributed by atoms with Gasteiger partial charge in [-0.15, -0.1) is 0 Å². The number of hydrogen-bond acceptors (Lipinski definition) is 5. The van der Waals surface area contributed by atoms with Gasteiger partial charge in [-0.05, 0) is 24.6 Å². The van der Waals surface area contributed by atoms with Crippen molar-refractivity contribution >= 4 is 11.3 Å². The van der Waals surface area contributed by atoms with Crippen LogP contribution in [0.2, 0.25) is 0 Å². The predicted molar refractivity (Wildman–Crippen MR) is 85.7 cm³/mol. The van der Waals surface area contributed by atoms with Crippen LogP contribution in [0.25, 0.3) is 16.8 Å². The molecule has 3 aromatic rings. The van der Waals surface area contributed by atoms with Crippen molar-refractivity contribution in [2.24, 2.45) is 5.92 Å². The summed E-state index contributed by atoms with van der Waals surface area (Å²) in [6, 6.07) is 6.39. The zero-order valence-electron chi connectivity index (χ0n) is 12.4. The molecule has 2 atom stereocenters. The van der Waals surface area contributed by atoms with Gasteiger partial charge in [0, 0.05) is 24.3 Å². The molecule has 22 heavy (non-hydrogen) atoms. The quantitative estimate of drug-likeness (QED) is 0.771. The van der Waals surface area contributed by atoms with E-state index in [1.165, 1.54) is 0 Å². The summed E-state index contributed by atoms with van der Waals surface area (Å²) < 4.78 is 1.85. The first-order valence-corrected chi connectivity index (χ1v) is 7.53.